The Bertz CT molecular complexity index is 820. The van der Waals surface area contributed by atoms with Crippen molar-refractivity contribution in [1.29, 1.82) is 0 Å². The standard InChI is InChI=1S/C22H28ClNO5/c1-5-28-22(26)16-12-24-18(13(2)3)9-14-8-15(29-7-6-27-4)10-17(23)21(14)19(24)11-20(16)25/h8,10,12-13,18-19H,5-7,9,11H2,1-4H3. The van der Waals surface area contributed by atoms with Crippen LogP contribution in [0.3, 0.4) is 0 Å². The Kier molecular flexibility index (Phi) is 6.85. The van der Waals surface area contributed by atoms with E-state index in [-0.39, 0.29) is 36.5 Å². The number of benzene rings is 1. The molecule has 0 N–H and O–H groups in total. The molecule has 2 heterocycles. The molecule has 0 fully saturated rings. The number of ketones is 1. The minimum absolute atomic E-state index is 0.118. The van der Waals surface area contributed by atoms with E-state index < -0.39 is 5.97 Å². The Balaban J connectivity index is 2.00. The van der Waals surface area contributed by atoms with Gasteiger partial charge >= 0.3 is 5.97 Å². The quantitative estimate of drug-likeness (QED) is 0.380. The summed E-state index contributed by atoms with van der Waals surface area (Å²) in [6.45, 7) is 7.19. The summed E-state index contributed by atoms with van der Waals surface area (Å²) in [4.78, 5) is 27.1. The highest BCUT2D eigenvalue weighted by atomic mass is 35.5. The number of halogens is 1. The van der Waals surface area contributed by atoms with Gasteiger partial charge in [0.05, 0.1) is 19.3 Å². The predicted octanol–water partition coefficient (Wildman–Crippen LogP) is 3.71. The van der Waals surface area contributed by atoms with Gasteiger partial charge in [-0.15, -0.1) is 0 Å². The van der Waals surface area contributed by atoms with Gasteiger partial charge in [0.25, 0.3) is 0 Å². The minimum Gasteiger partial charge on any atom is -0.491 e. The number of hydrogen-bond donors (Lipinski definition) is 0. The molecule has 158 valence electrons. The molecule has 1 aromatic rings. The van der Waals surface area contributed by atoms with Crippen molar-refractivity contribution in [2.24, 2.45) is 5.92 Å². The van der Waals surface area contributed by atoms with Crippen LogP contribution in [0.1, 0.15) is 44.4 Å². The maximum Gasteiger partial charge on any atom is 0.343 e. The number of carbonyl (C=O) groups excluding carboxylic acids is 2. The van der Waals surface area contributed by atoms with Gasteiger partial charge in [-0.1, -0.05) is 25.4 Å². The number of Topliss-reactive ketones (excluding diaryl/α,β-unsaturated/α-hetero) is 1. The Labute approximate surface area is 176 Å². The van der Waals surface area contributed by atoms with Crippen molar-refractivity contribution in [3.63, 3.8) is 0 Å². The maximum atomic E-state index is 12.7. The molecule has 6 nitrogen and oxygen atoms in total. The van der Waals surface area contributed by atoms with Gasteiger partial charge in [0.15, 0.2) is 5.78 Å². The average molecular weight is 422 g/mol. The van der Waals surface area contributed by atoms with Crippen LogP contribution < -0.4 is 4.74 Å². The first-order valence-corrected chi connectivity index (χ1v) is 10.4. The van der Waals surface area contributed by atoms with E-state index in [1.54, 1.807) is 26.3 Å². The number of methoxy groups -OCH3 is 1. The molecule has 0 bridgehead atoms. The first kappa shape index (κ1) is 21.7. The fraction of sp³-hybridized carbons (Fsp3) is 0.545. The van der Waals surface area contributed by atoms with Crippen molar-refractivity contribution in [3.8, 4) is 5.75 Å². The SMILES string of the molecule is CCOC(=O)C1=CN2C(CC1=O)c1c(Cl)cc(OCCOC)cc1CC2C(C)C. The monoisotopic (exact) mass is 421 g/mol. The molecule has 3 rings (SSSR count). The molecule has 0 saturated heterocycles. The zero-order chi connectivity index (χ0) is 21.1. The Morgan fingerprint density at radius 1 is 1.28 bits per heavy atom. The lowest BCUT2D eigenvalue weighted by molar-refractivity contribution is -0.140. The number of nitrogens with zero attached hydrogens (tertiary/aromatic N) is 1. The van der Waals surface area contributed by atoms with Crippen LogP contribution in [0.5, 0.6) is 5.75 Å². The van der Waals surface area contributed by atoms with Gasteiger partial charge in [-0.25, -0.2) is 4.79 Å². The van der Waals surface area contributed by atoms with Gasteiger partial charge in [-0.2, -0.15) is 0 Å². The van der Waals surface area contributed by atoms with E-state index in [9.17, 15) is 9.59 Å². The van der Waals surface area contributed by atoms with Gasteiger partial charge in [0.1, 0.15) is 17.9 Å². The summed E-state index contributed by atoms with van der Waals surface area (Å²) >= 11 is 6.64. The highest BCUT2D eigenvalue weighted by Crippen LogP contribution is 2.45. The zero-order valence-electron chi connectivity index (χ0n) is 17.4. The van der Waals surface area contributed by atoms with Crippen LogP contribution in [0.4, 0.5) is 0 Å². The lowest BCUT2D eigenvalue weighted by Crippen LogP contribution is -2.47. The van der Waals surface area contributed by atoms with Gasteiger partial charge in [0.2, 0.25) is 0 Å². The van der Waals surface area contributed by atoms with Crippen LogP contribution in [0.2, 0.25) is 5.02 Å². The highest BCUT2D eigenvalue weighted by Gasteiger charge is 2.41. The van der Waals surface area contributed by atoms with Crippen molar-refractivity contribution in [2.45, 2.75) is 45.7 Å². The predicted molar refractivity (Wildman–Crippen MR) is 110 cm³/mol. The van der Waals surface area contributed by atoms with E-state index in [1.165, 1.54) is 0 Å². The molecule has 0 aliphatic carbocycles. The van der Waals surface area contributed by atoms with Crippen molar-refractivity contribution in [1.82, 2.24) is 4.90 Å². The zero-order valence-corrected chi connectivity index (χ0v) is 18.1. The van der Waals surface area contributed by atoms with Crippen LogP contribution in [0.15, 0.2) is 23.9 Å². The fourth-order valence-electron chi connectivity index (χ4n) is 4.08. The van der Waals surface area contributed by atoms with Gasteiger partial charge in [0, 0.05) is 30.8 Å². The Hall–Kier alpha value is -2.05. The second-order valence-corrected chi connectivity index (χ2v) is 8.10. The van der Waals surface area contributed by atoms with E-state index in [0.29, 0.717) is 29.9 Å². The molecule has 2 aliphatic rings. The molecule has 2 unspecified atom stereocenters. The second-order valence-electron chi connectivity index (χ2n) is 7.69. The Morgan fingerprint density at radius 3 is 2.69 bits per heavy atom. The number of hydrogen-bond acceptors (Lipinski definition) is 6. The summed E-state index contributed by atoms with van der Waals surface area (Å²) in [5.74, 6) is 0.246. The lowest BCUT2D eigenvalue weighted by atomic mass is 9.80. The van der Waals surface area contributed by atoms with Crippen LogP contribution in [0.25, 0.3) is 0 Å². The smallest absolute Gasteiger partial charge is 0.343 e. The number of carbonyl (C=O) groups is 2. The number of rotatable bonds is 7. The van der Waals surface area contributed by atoms with E-state index in [1.807, 2.05) is 6.07 Å². The van der Waals surface area contributed by atoms with E-state index in [0.717, 1.165) is 17.5 Å². The summed E-state index contributed by atoms with van der Waals surface area (Å²) in [6, 6.07) is 3.74. The molecule has 2 atom stereocenters. The third kappa shape index (κ3) is 4.43. The van der Waals surface area contributed by atoms with Crippen LogP contribution in [0, 0.1) is 5.92 Å². The molecule has 0 aromatic heterocycles. The maximum absolute atomic E-state index is 12.7. The topological polar surface area (TPSA) is 65.1 Å². The normalized spacial score (nSPS) is 20.8. The summed E-state index contributed by atoms with van der Waals surface area (Å²) in [5.41, 5.74) is 2.15. The summed E-state index contributed by atoms with van der Waals surface area (Å²) in [7, 11) is 1.63. The molecule has 2 aliphatic heterocycles. The summed E-state index contributed by atoms with van der Waals surface area (Å²) in [6.07, 6.45) is 2.64. The number of fused-ring (bicyclic) bond motifs is 3. The molecule has 29 heavy (non-hydrogen) atoms. The first-order chi connectivity index (χ1) is 13.9. The van der Waals surface area contributed by atoms with Crippen molar-refractivity contribution < 1.29 is 23.8 Å². The Morgan fingerprint density at radius 2 is 2.03 bits per heavy atom. The van der Waals surface area contributed by atoms with Crippen LogP contribution in [-0.4, -0.2) is 49.6 Å². The van der Waals surface area contributed by atoms with E-state index >= 15 is 0 Å². The molecular weight excluding hydrogens is 394 g/mol. The van der Waals surface area contributed by atoms with Crippen LogP contribution >= 0.6 is 11.6 Å². The van der Waals surface area contributed by atoms with Crippen LogP contribution in [-0.2, 0) is 25.5 Å². The largest absolute Gasteiger partial charge is 0.491 e. The lowest BCUT2D eigenvalue weighted by Gasteiger charge is -2.47. The molecule has 7 heteroatoms. The van der Waals surface area contributed by atoms with Gasteiger partial charge < -0.3 is 19.1 Å². The van der Waals surface area contributed by atoms with Crippen molar-refractivity contribution >= 4 is 23.4 Å². The highest BCUT2D eigenvalue weighted by molar-refractivity contribution is 6.31. The molecule has 0 radical (unpaired) electrons. The fourth-order valence-corrected chi connectivity index (χ4v) is 4.44. The second kappa shape index (κ2) is 9.18. The van der Waals surface area contributed by atoms with Crippen molar-refractivity contribution in [2.75, 3.05) is 26.9 Å². The minimum atomic E-state index is -0.558. The molecular formula is C22H28ClNO5. The average Bonchev–Trinajstić information content (AvgIpc) is 2.66. The van der Waals surface area contributed by atoms with E-state index in [4.69, 9.17) is 25.8 Å². The summed E-state index contributed by atoms with van der Waals surface area (Å²) in [5, 5.41) is 0.577. The molecule has 0 spiro atoms. The third-order valence-electron chi connectivity index (χ3n) is 5.47. The van der Waals surface area contributed by atoms with Gasteiger partial charge in [-0.3, -0.25) is 4.79 Å². The van der Waals surface area contributed by atoms with E-state index in [2.05, 4.69) is 18.7 Å². The van der Waals surface area contributed by atoms with Gasteiger partial charge in [-0.05, 0) is 42.5 Å². The van der Waals surface area contributed by atoms with Crippen molar-refractivity contribution in [3.05, 3.63) is 40.1 Å². The molecule has 0 saturated carbocycles. The molecule has 0 amide bonds. The number of esters is 1. The molecule has 1 aromatic carbocycles. The first-order valence-electron chi connectivity index (χ1n) is 10.0. The third-order valence-corrected chi connectivity index (χ3v) is 5.78. The number of ether oxygens (including phenoxy) is 3. The summed E-state index contributed by atoms with van der Waals surface area (Å²) < 4.78 is 15.9.